The van der Waals surface area contributed by atoms with Crippen molar-refractivity contribution in [2.24, 2.45) is 0 Å². The molecular formula is C10H14IN3O. The van der Waals surface area contributed by atoms with Crippen LogP contribution in [-0.2, 0) is 4.79 Å². The lowest BCUT2D eigenvalue weighted by Crippen LogP contribution is -2.54. The Hall–Kier alpha value is -0.610. The number of allylic oxidation sites excluding steroid dienone is 1. The van der Waals surface area contributed by atoms with E-state index in [1.807, 2.05) is 17.9 Å². The lowest BCUT2D eigenvalue weighted by atomic mass is 10.1. The van der Waals surface area contributed by atoms with Crippen LogP contribution in [0.4, 0.5) is 0 Å². The minimum Gasteiger partial charge on any atom is -0.334 e. The van der Waals surface area contributed by atoms with Crippen LogP contribution in [0.1, 0.15) is 13.8 Å². The summed E-state index contributed by atoms with van der Waals surface area (Å²) in [6.07, 6.45) is 2.57. The molecule has 1 rings (SSSR count). The molecule has 0 aromatic carbocycles. The fourth-order valence-electron chi connectivity index (χ4n) is 1.60. The Kier molecular flexibility index (Phi) is 4.54. The Labute approximate surface area is 104 Å². The summed E-state index contributed by atoms with van der Waals surface area (Å²) < 4.78 is 2.21. The predicted octanol–water partition coefficient (Wildman–Crippen LogP) is 1.34. The minimum absolute atomic E-state index is 0.0691. The van der Waals surface area contributed by atoms with Crippen LogP contribution in [0.15, 0.2) is 12.2 Å². The Bertz CT molecular complexity index is 310. The first kappa shape index (κ1) is 12.5. The number of hydrogen-bond donors (Lipinski definition) is 0. The molecule has 2 atom stereocenters. The SMILES string of the molecule is C[C@@H]1CN(I)[C@@H](C)CN1C(=O)/C=C/C#N. The zero-order valence-electron chi connectivity index (χ0n) is 8.85. The third kappa shape index (κ3) is 3.18. The molecule has 0 spiro atoms. The Morgan fingerprint density at radius 1 is 1.47 bits per heavy atom. The molecule has 1 heterocycles. The fourth-order valence-corrected chi connectivity index (χ4v) is 2.34. The van der Waals surface area contributed by atoms with Gasteiger partial charge in [-0.2, -0.15) is 5.26 Å². The summed E-state index contributed by atoms with van der Waals surface area (Å²) in [5, 5.41) is 8.36. The molecule has 5 heteroatoms. The van der Waals surface area contributed by atoms with Gasteiger partial charge in [-0.3, -0.25) is 4.79 Å². The molecule has 0 aromatic rings. The van der Waals surface area contributed by atoms with Gasteiger partial charge in [-0.1, -0.05) is 0 Å². The number of rotatable bonds is 1. The summed E-state index contributed by atoms with van der Waals surface area (Å²) in [5.74, 6) is -0.0691. The second kappa shape index (κ2) is 5.47. The van der Waals surface area contributed by atoms with Crippen molar-refractivity contribution in [3.8, 4) is 6.07 Å². The van der Waals surface area contributed by atoms with E-state index in [0.717, 1.165) is 13.1 Å². The van der Waals surface area contributed by atoms with Crippen molar-refractivity contribution in [3.63, 3.8) is 0 Å². The first-order valence-electron chi connectivity index (χ1n) is 4.85. The van der Waals surface area contributed by atoms with Crippen molar-refractivity contribution in [2.75, 3.05) is 13.1 Å². The highest BCUT2D eigenvalue weighted by Gasteiger charge is 2.29. The standard InChI is InChI=1S/C10H14IN3O/c1-8-7-14(11)9(2)6-13(8)10(15)4-3-5-12/h3-4,8-9H,6-7H2,1-2H3/b4-3+/t8-,9+/m1/s1. The first-order valence-corrected chi connectivity index (χ1v) is 5.82. The summed E-state index contributed by atoms with van der Waals surface area (Å²) in [6, 6.07) is 2.40. The molecule has 0 bridgehead atoms. The highest BCUT2D eigenvalue weighted by atomic mass is 127. The van der Waals surface area contributed by atoms with Gasteiger partial charge in [-0.15, -0.1) is 0 Å². The van der Waals surface area contributed by atoms with Crippen LogP contribution in [0.5, 0.6) is 0 Å². The van der Waals surface area contributed by atoms with Gasteiger partial charge < -0.3 is 4.90 Å². The van der Waals surface area contributed by atoms with Gasteiger partial charge in [-0.05, 0) is 13.8 Å². The van der Waals surface area contributed by atoms with Gasteiger partial charge in [0.1, 0.15) is 0 Å². The van der Waals surface area contributed by atoms with Crippen molar-refractivity contribution in [2.45, 2.75) is 25.9 Å². The number of amides is 1. The molecular weight excluding hydrogens is 305 g/mol. The summed E-state index contributed by atoms with van der Waals surface area (Å²) in [7, 11) is 0. The maximum absolute atomic E-state index is 11.7. The van der Waals surface area contributed by atoms with Crippen molar-refractivity contribution >= 4 is 28.8 Å². The number of nitrogens with zero attached hydrogens (tertiary/aromatic N) is 3. The normalized spacial score (nSPS) is 28.0. The second-order valence-corrected chi connectivity index (χ2v) is 4.97. The first-order chi connectivity index (χ1) is 7.06. The topological polar surface area (TPSA) is 47.3 Å². The summed E-state index contributed by atoms with van der Waals surface area (Å²) in [5.41, 5.74) is 0. The molecule has 0 aliphatic carbocycles. The van der Waals surface area contributed by atoms with E-state index in [1.165, 1.54) is 12.2 Å². The van der Waals surface area contributed by atoms with E-state index in [-0.39, 0.29) is 11.9 Å². The quantitative estimate of drug-likeness (QED) is 0.317. The van der Waals surface area contributed by atoms with E-state index >= 15 is 0 Å². The number of halogens is 1. The molecule has 1 fully saturated rings. The van der Waals surface area contributed by atoms with Gasteiger partial charge in [-0.25, -0.2) is 3.11 Å². The van der Waals surface area contributed by atoms with E-state index in [0.29, 0.717) is 6.04 Å². The molecule has 0 unspecified atom stereocenters. The molecule has 15 heavy (non-hydrogen) atoms. The number of nitriles is 1. The maximum atomic E-state index is 11.7. The van der Waals surface area contributed by atoms with Gasteiger partial charge in [0, 0.05) is 60.2 Å². The highest BCUT2D eigenvalue weighted by molar-refractivity contribution is 14.1. The molecule has 0 saturated carbocycles. The lowest BCUT2D eigenvalue weighted by Gasteiger charge is -2.40. The van der Waals surface area contributed by atoms with Crippen LogP contribution in [0.25, 0.3) is 0 Å². The molecule has 1 aliphatic rings. The van der Waals surface area contributed by atoms with Gasteiger partial charge >= 0.3 is 0 Å². The average molecular weight is 319 g/mol. The van der Waals surface area contributed by atoms with Gasteiger partial charge in [0.05, 0.1) is 6.07 Å². The minimum atomic E-state index is -0.0691. The van der Waals surface area contributed by atoms with Crippen molar-refractivity contribution in [1.82, 2.24) is 8.01 Å². The van der Waals surface area contributed by atoms with Crippen LogP contribution >= 0.6 is 22.9 Å². The molecule has 0 radical (unpaired) electrons. The van der Waals surface area contributed by atoms with Crippen LogP contribution in [-0.4, -0.2) is 39.1 Å². The van der Waals surface area contributed by atoms with E-state index in [9.17, 15) is 4.79 Å². The fraction of sp³-hybridized carbons (Fsp3) is 0.600. The summed E-state index contributed by atoms with van der Waals surface area (Å²) in [4.78, 5) is 13.5. The molecule has 1 amide bonds. The third-order valence-corrected chi connectivity index (χ3v) is 3.84. The zero-order chi connectivity index (χ0) is 11.4. The average Bonchev–Trinajstić information content (AvgIpc) is 2.20. The molecule has 1 saturated heterocycles. The zero-order valence-corrected chi connectivity index (χ0v) is 11.0. The van der Waals surface area contributed by atoms with Crippen molar-refractivity contribution in [1.29, 1.82) is 5.26 Å². The van der Waals surface area contributed by atoms with Gasteiger partial charge in [0.25, 0.3) is 0 Å². The lowest BCUT2D eigenvalue weighted by molar-refractivity contribution is -0.130. The Morgan fingerprint density at radius 2 is 2.13 bits per heavy atom. The van der Waals surface area contributed by atoms with Crippen LogP contribution < -0.4 is 0 Å². The molecule has 1 aliphatic heterocycles. The van der Waals surface area contributed by atoms with Gasteiger partial charge in [0.2, 0.25) is 5.91 Å². The summed E-state index contributed by atoms with van der Waals surface area (Å²) in [6.45, 7) is 5.70. The summed E-state index contributed by atoms with van der Waals surface area (Å²) >= 11 is 2.29. The van der Waals surface area contributed by atoms with E-state index < -0.39 is 0 Å². The molecule has 0 aromatic heterocycles. The molecule has 82 valence electrons. The van der Waals surface area contributed by atoms with Crippen LogP contribution in [0.3, 0.4) is 0 Å². The maximum Gasteiger partial charge on any atom is 0.247 e. The number of carbonyl (C=O) groups is 1. The van der Waals surface area contributed by atoms with E-state index in [1.54, 1.807) is 0 Å². The Balaban J connectivity index is 2.66. The van der Waals surface area contributed by atoms with E-state index in [2.05, 4.69) is 32.9 Å². The Morgan fingerprint density at radius 3 is 2.73 bits per heavy atom. The predicted molar refractivity (Wildman–Crippen MR) is 66.1 cm³/mol. The van der Waals surface area contributed by atoms with Crippen LogP contribution in [0.2, 0.25) is 0 Å². The second-order valence-electron chi connectivity index (χ2n) is 3.73. The van der Waals surface area contributed by atoms with Gasteiger partial charge in [0.15, 0.2) is 0 Å². The van der Waals surface area contributed by atoms with E-state index in [4.69, 9.17) is 5.26 Å². The number of hydrogen-bond acceptors (Lipinski definition) is 3. The number of piperazine rings is 1. The smallest absolute Gasteiger partial charge is 0.247 e. The van der Waals surface area contributed by atoms with Crippen LogP contribution in [0, 0.1) is 11.3 Å². The highest BCUT2D eigenvalue weighted by Crippen LogP contribution is 2.18. The third-order valence-electron chi connectivity index (χ3n) is 2.49. The largest absolute Gasteiger partial charge is 0.334 e. The van der Waals surface area contributed by atoms with Crippen molar-refractivity contribution in [3.05, 3.63) is 12.2 Å². The molecule has 4 nitrogen and oxygen atoms in total. The van der Waals surface area contributed by atoms with Crippen molar-refractivity contribution < 1.29 is 4.79 Å². The number of carbonyl (C=O) groups excluding carboxylic acids is 1. The monoisotopic (exact) mass is 319 g/mol. The molecule has 0 N–H and O–H groups in total.